The zero-order valence-corrected chi connectivity index (χ0v) is 10.1. The molecular formula is C11H11ClN2OS. The number of amides is 1. The summed E-state index contributed by atoms with van der Waals surface area (Å²) in [6.45, 7) is 0. The summed E-state index contributed by atoms with van der Waals surface area (Å²) < 4.78 is 0. The van der Waals surface area contributed by atoms with Gasteiger partial charge in [0.2, 0.25) is 5.91 Å². The van der Waals surface area contributed by atoms with Gasteiger partial charge in [-0.15, -0.1) is 23.4 Å². The zero-order chi connectivity index (χ0) is 11.8. The monoisotopic (exact) mass is 254 g/mol. The van der Waals surface area contributed by atoms with Gasteiger partial charge in [-0.25, -0.2) is 0 Å². The van der Waals surface area contributed by atoms with E-state index in [2.05, 4.69) is 11.4 Å². The van der Waals surface area contributed by atoms with Gasteiger partial charge in [0.25, 0.3) is 0 Å². The molecule has 0 radical (unpaired) electrons. The predicted molar refractivity (Wildman–Crippen MR) is 66.7 cm³/mol. The van der Waals surface area contributed by atoms with Crippen molar-refractivity contribution in [3.8, 4) is 6.07 Å². The van der Waals surface area contributed by atoms with E-state index < -0.39 is 0 Å². The molecule has 0 heterocycles. The normalized spacial score (nSPS) is 9.50. The Balaban J connectivity index is 2.68. The molecule has 0 aliphatic rings. The summed E-state index contributed by atoms with van der Waals surface area (Å²) in [5.41, 5.74) is 0.746. The van der Waals surface area contributed by atoms with Crippen molar-refractivity contribution >= 4 is 35.0 Å². The zero-order valence-electron chi connectivity index (χ0n) is 8.57. The van der Waals surface area contributed by atoms with Crippen molar-refractivity contribution in [2.75, 3.05) is 16.9 Å². The van der Waals surface area contributed by atoms with Gasteiger partial charge in [0.05, 0.1) is 11.8 Å². The fourth-order valence-corrected chi connectivity index (χ4v) is 2.02. The first-order valence-electron chi connectivity index (χ1n) is 4.72. The Bertz CT molecular complexity index is 403. The molecular weight excluding hydrogens is 244 g/mol. The van der Waals surface area contributed by atoms with Crippen LogP contribution in [0.1, 0.15) is 6.42 Å². The smallest absolute Gasteiger partial charge is 0.239 e. The molecule has 0 spiro atoms. The van der Waals surface area contributed by atoms with Crippen molar-refractivity contribution in [3.63, 3.8) is 0 Å². The average molecular weight is 255 g/mol. The van der Waals surface area contributed by atoms with Crippen molar-refractivity contribution < 1.29 is 4.79 Å². The molecule has 0 aliphatic carbocycles. The minimum atomic E-state index is -0.227. The van der Waals surface area contributed by atoms with Crippen LogP contribution in [-0.2, 0) is 4.79 Å². The fraction of sp³-hybridized carbons (Fsp3) is 0.273. The largest absolute Gasteiger partial charge is 0.324 e. The number of carbonyl (C=O) groups is 1. The lowest BCUT2D eigenvalue weighted by atomic mass is 10.3. The van der Waals surface area contributed by atoms with Crippen molar-refractivity contribution in [2.45, 2.75) is 11.3 Å². The maximum absolute atomic E-state index is 11.2. The van der Waals surface area contributed by atoms with Crippen LogP contribution in [0.15, 0.2) is 29.2 Å². The molecule has 0 aliphatic heterocycles. The van der Waals surface area contributed by atoms with Crippen molar-refractivity contribution in [3.05, 3.63) is 24.3 Å². The predicted octanol–water partition coefficient (Wildman–Crippen LogP) is 2.87. The van der Waals surface area contributed by atoms with E-state index in [0.29, 0.717) is 12.2 Å². The summed E-state index contributed by atoms with van der Waals surface area (Å²) in [5, 5.41) is 11.2. The molecule has 3 nitrogen and oxygen atoms in total. The van der Waals surface area contributed by atoms with Gasteiger partial charge in [-0.05, 0) is 12.1 Å². The second-order valence-electron chi connectivity index (χ2n) is 2.93. The number of para-hydroxylation sites is 1. The van der Waals surface area contributed by atoms with E-state index in [9.17, 15) is 4.79 Å². The number of anilines is 1. The number of thioether (sulfide) groups is 1. The van der Waals surface area contributed by atoms with Gasteiger partial charge < -0.3 is 5.32 Å². The molecule has 0 saturated heterocycles. The highest BCUT2D eigenvalue weighted by Crippen LogP contribution is 2.27. The first kappa shape index (κ1) is 12.9. The molecule has 0 bridgehead atoms. The SMILES string of the molecule is N#CCCSc1ccccc1NC(=O)CCl. The number of halogens is 1. The summed E-state index contributed by atoms with van der Waals surface area (Å²) in [4.78, 5) is 12.1. The van der Waals surface area contributed by atoms with E-state index in [0.717, 1.165) is 10.6 Å². The Morgan fingerprint density at radius 1 is 1.50 bits per heavy atom. The number of hydrogen-bond acceptors (Lipinski definition) is 3. The average Bonchev–Trinajstić information content (AvgIpc) is 2.31. The Kier molecular flexibility index (Phi) is 5.76. The number of alkyl halides is 1. The van der Waals surface area contributed by atoms with Crippen LogP contribution in [0.2, 0.25) is 0 Å². The lowest BCUT2D eigenvalue weighted by molar-refractivity contribution is -0.113. The molecule has 0 atom stereocenters. The van der Waals surface area contributed by atoms with E-state index >= 15 is 0 Å². The highest BCUT2D eigenvalue weighted by atomic mass is 35.5. The quantitative estimate of drug-likeness (QED) is 0.499. The van der Waals surface area contributed by atoms with Gasteiger partial charge in [-0.1, -0.05) is 12.1 Å². The Morgan fingerprint density at radius 2 is 2.25 bits per heavy atom. The van der Waals surface area contributed by atoms with Crippen LogP contribution < -0.4 is 5.32 Å². The second kappa shape index (κ2) is 7.15. The molecule has 1 rings (SSSR count). The third-order valence-corrected chi connectivity index (χ3v) is 3.07. The maximum atomic E-state index is 11.2. The van der Waals surface area contributed by atoms with Crippen LogP contribution in [0, 0.1) is 11.3 Å². The molecule has 1 aromatic rings. The number of benzene rings is 1. The maximum Gasteiger partial charge on any atom is 0.239 e. The van der Waals surface area contributed by atoms with Crippen molar-refractivity contribution in [2.24, 2.45) is 0 Å². The highest BCUT2D eigenvalue weighted by molar-refractivity contribution is 7.99. The van der Waals surface area contributed by atoms with Crippen molar-refractivity contribution in [1.82, 2.24) is 0 Å². The topological polar surface area (TPSA) is 52.9 Å². The van der Waals surface area contributed by atoms with Crippen LogP contribution in [0.5, 0.6) is 0 Å². The summed E-state index contributed by atoms with van der Waals surface area (Å²) in [6, 6.07) is 9.55. The Labute approximate surface area is 104 Å². The first-order valence-corrected chi connectivity index (χ1v) is 6.24. The third-order valence-electron chi connectivity index (χ3n) is 1.75. The molecule has 1 N–H and O–H groups in total. The summed E-state index contributed by atoms with van der Waals surface area (Å²) in [7, 11) is 0. The molecule has 1 aromatic carbocycles. The third kappa shape index (κ3) is 4.13. The van der Waals surface area contributed by atoms with Gasteiger partial charge >= 0.3 is 0 Å². The lowest BCUT2D eigenvalue weighted by Gasteiger charge is -2.08. The van der Waals surface area contributed by atoms with Gasteiger partial charge in [-0.2, -0.15) is 5.26 Å². The first-order chi connectivity index (χ1) is 7.77. The molecule has 0 saturated carbocycles. The Morgan fingerprint density at radius 3 is 2.94 bits per heavy atom. The van der Waals surface area contributed by atoms with Gasteiger partial charge in [0.1, 0.15) is 5.88 Å². The fourth-order valence-electron chi connectivity index (χ4n) is 1.09. The molecule has 0 unspecified atom stereocenters. The van der Waals surface area contributed by atoms with E-state index in [-0.39, 0.29) is 11.8 Å². The number of nitrogens with one attached hydrogen (secondary N) is 1. The van der Waals surface area contributed by atoms with E-state index in [4.69, 9.17) is 16.9 Å². The molecule has 1 amide bonds. The van der Waals surface area contributed by atoms with E-state index in [1.54, 1.807) is 11.8 Å². The summed E-state index contributed by atoms with van der Waals surface area (Å²) in [6.07, 6.45) is 0.489. The minimum absolute atomic E-state index is 0.0583. The van der Waals surface area contributed by atoms with Gasteiger partial charge in [0.15, 0.2) is 0 Å². The molecule has 0 aromatic heterocycles. The summed E-state index contributed by atoms with van der Waals surface area (Å²) in [5.74, 6) is 0.427. The van der Waals surface area contributed by atoms with E-state index in [1.165, 1.54) is 0 Å². The standard InChI is InChI=1S/C11H11ClN2OS/c12-8-11(15)14-9-4-1-2-5-10(9)16-7-3-6-13/h1-2,4-5H,3,7-8H2,(H,14,15). The Hall–Kier alpha value is -1.18. The van der Waals surface area contributed by atoms with Crippen LogP contribution in [0.3, 0.4) is 0 Å². The number of nitrogens with zero attached hydrogens (tertiary/aromatic N) is 1. The molecule has 16 heavy (non-hydrogen) atoms. The van der Waals surface area contributed by atoms with Crippen LogP contribution in [0.25, 0.3) is 0 Å². The van der Waals surface area contributed by atoms with Crippen LogP contribution in [0.4, 0.5) is 5.69 Å². The van der Waals surface area contributed by atoms with Crippen LogP contribution >= 0.6 is 23.4 Å². The number of rotatable bonds is 5. The minimum Gasteiger partial charge on any atom is -0.324 e. The van der Waals surface area contributed by atoms with Crippen LogP contribution in [-0.4, -0.2) is 17.5 Å². The second-order valence-corrected chi connectivity index (χ2v) is 4.34. The van der Waals surface area contributed by atoms with Gasteiger partial charge in [-0.3, -0.25) is 4.79 Å². The molecule has 0 fully saturated rings. The van der Waals surface area contributed by atoms with Crippen molar-refractivity contribution in [1.29, 1.82) is 5.26 Å². The highest BCUT2D eigenvalue weighted by Gasteiger charge is 2.05. The molecule has 5 heteroatoms. The van der Waals surface area contributed by atoms with Gasteiger partial charge in [0, 0.05) is 17.1 Å². The summed E-state index contributed by atoms with van der Waals surface area (Å²) >= 11 is 6.96. The lowest BCUT2D eigenvalue weighted by Crippen LogP contribution is -2.13. The number of carbonyl (C=O) groups excluding carboxylic acids is 1. The molecule has 84 valence electrons. The number of nitriles is 1. The van der Waals surface area contributed by atoms with E-state index in [1.807, 2.05) is 24.3 Å². The number of hydrogen-bond donors (Lipinski definition) is 1.